The van der Waals surface area contributed by atoms with Crippen LogP contribution in [0.1, 0.15) is 9.68 Å². The molecule has 0 bridgehead atoms. The van der Waals surface area contributed by atoms with Crippen LogP contribution in [0.15, 0.2) is 36.8 Å². The lowest BCUT2D eigenvalue weighted by Crippen LogP contribution is -2.33. The largest absolute Gasteiger partial charge is 0.271 e. The van der Waals surface area contributed by atoms with E-state index < -0.39 is 6.98 Å². The summed E-state index contributed by atoms with van der Waals surface area (Å²) in [5.74, 6) is 0.979. The zero-order valence-electron chi connectivity index (χ0n) is 14.4. The van der Waals surface area contributed by atoms with E-state index in [1.807, 2.05) is 31.4 Å². The van der Waals surface area contributed by atoms with Crippen LogP contribution in [0.3, 0.4) is 0 Å². The lowest BCUT2D eigenvalue weighted by atomic mass is 10.2. The Morgan fingerprint density at radius 3 is 3.14 bits per heavy atom. The molecule has 0 unspecified atom stereocenters. The topological polar surface area (TPSA) is 39.5 Å². The van der Waals surface area contributed by atoms with Crippen LogP contribution in [0.5, 0.6) is 0 Å². The molecule has 0 aliphatic carbocycles. The highest BCUT2D eigenvalue weighted by Gasteiger charge is 2.34. The minimum atomic E-state index is -2.30. The number of pyridine rings is 2. The molecule has 0 amide bonds. The number of hydrogen-bond donors (Lipinski definition) is 0. The lowest BCUT2D eigenvalue weighted by molar-refractivity contribution is -0.648. The fraction of sp³-hybridized carbons (Fsp3) is 0.188. The first kappa shape index (κ1) is 8.56. The average Bonchev–Trinajstić information content (AvgIpc) is 3.16. The van der Waals surface area contributed by atoms with Gasteiger partial charge in [0.2, 0.25) is 11.5 Å². The zero-order chi connectivity index (χ0) is 16.6. The molecule has 0 saturated heterocycles. The Morgan fingerprint density at radius 1 is 1.29 bits per heavy atom. The molecule has 0 spiro atoms. The van der Waals surface area contributed by atoms with Crippen molar-refractivity contribution in [1.82, 2.24) is 19.1 Å². The molecule has 5 heteroatoms. The van der Waals surface area contributed by atoms with Crippen molar-refractivity contribution in [2.24, 2.45) is 14.0 Å². The van der Waals surface area contributed by atoms with Crippen LogP contribution < -0.4 is 4.57 Å². The highest BCUT2D eigenvalue weighted by atomic mass is 15.2. The van der Waals surface area contributed by atoms with Crippen molar-refractivity contribution < 1.29 is 8.68 Å². The predicted octanol–water partition coefficient (Wildman–Crippen LogP) is 1.78. The molecule has 4 aromatic heterocycles. The molecule has 0 atom stereocenters. The normalized spacial score (nSPS) is 15.8. The summed E-state index contributed by atoms with van der Waals surface area (Å²) in [6.45, 7) is -1.67. The number of imidazole rings is 1. The zero-order valence-corrected chi connectivity index (χ0v) is 11.4. The fourth-order valence-electron chi connectivity index (χ4n) is 3.46. The first-order valence-corrected chi connectivity index (χ1v) is 6.80. The van der Waals surface area contributed by atoms with Crippen LogP contribution in [-0.4, -0.2) is 19.1 Å². The van der Waals surface area contributed by atoms with Crippen LogP contribution in [0.25, 0.3) is 33.6 Å². The van der Waals surface area contributed by atoms with Gasteiger partial charge in [0, 0.05) is 24.2 Å². The Morgan fingerprint density at radius 2 is 2.24 bits per heavy atom. The van der Waals surface area contributed by atoms with E-state index in [9.17, 15) is 0 Å². The summed E-state index contributed by atoms with van der Waals surface area (Å²) >= 11 is 0. The summed E-state index contributed by atoms with van der Waals surface area (Å²) in [6.07, 6.45) is 5.24. The van der Waals surface area contributed by atoms with E-state index >= 15 is 0 Å². The van der Waals surface area contributed by atoms with Crippen molar-refractivity contribution in [3.05, 3.63) is 42.4 Å². The molecule has 21 heavy (non-hydrogen) atoms. The van der Waals surface area contributed by atoms with Crippen LogP contribution in [0.2, 0.25) is 0 Å². The van der Waals surface area contributed by atoms with Crippen molar-refractivity contribution in [3.63, 3.8) is 0 Å². The smallest absolute Gasteiger partial charge is 0.264 e. The van der Waals surface area contributed by atoms with Gasteiger partial charge in [0.15, 0.2) is 5.52 Å². The third-order valence-corrected chi connectivity index (χ3v) is 4.32. The summed E-state index contributed by atoms with van der Waals surface area (Å²) in [5, 5.41) is 0.846. The number of hydrogen-bond acceptors (Lipinski definition) is 2. The molecule has 0 N–H and O–H groups in total. The van der Waals surface area contributed by atoms with Gasteiger partial charge < -0.3 is 0 Å². The minimum absolute atomic E-state index is 0.488. The van der Waals surface area contributed by atoms with Crippen molar-refractivity contribution in [3.8, 4) is 11.4 Å². The van der Waals surface area contributed by atoms with Gasteiger partial charge in [0.25, 0.3) is 5.65 Å². The first-order chi connectivity index (χ1) is 11.5. The first-order valence-electron chi connectivity index (χ1n) is 8.30. The van der Waals surface area contributed by atoms with Gasteiger partial charge in [-0.25, -0.2) is 14.1 Å². The maximum absolute atomic E-state index is 8.01. The van der Waals surface area contributed by atoms with Gasteiger partial charge in [-0.05, 0) is 18.2 Å². The molecule has 1 aliphatic heterocycles. The Kier molecular flexibility index (Phi) is 1.42. The molecule has 0 fully saturated rings. The molecule has 102 valence electrons. The highest BCUT2D eigenvalue weighted by molar-refractivity contribution is 6.03. The van der Waals surface area contributed by atoms with Crippen LogP contribution in [0, 0.1) is 0 Å². The number of aromatic nitrogens is 5. The molecule has 5 rings (SSSR count). The van der Waals surface area contributed by atoms with E-state index in [1.54, 1.807) is 12.4 Å². The number of nitrogens with zero attached hydrogens (tertiary/aromatic N) is 5. The fourth-order valence-corrected chi connectivity index (χ4v) is 3.46. The summed E-state index contributed by atoms with van der Waals surface area (Å²) < 4.78 is 29.5. The second kappa shape index (κ2) is 3.49. The maximum atomic E-state index is 8.01. The van der Waals surface area contributed by atoms with Gasteiger partial charge in [0.05, 0.1) is 35.6 Å². The average molecular weight is 279 g/mol. The Bertz CT molecular complexity index is 1140. The Labute approximate surface area is 125 Å². The second-order valence-corrected chi connectivity index (χ2v) is 5.38. The Hall–Kier alpha value is -2.69. The number of fused-ring (bicyclic) bond motifs is 7. The van der Waals surface area contributed by atoms with E-state index in [0.29, 0.717) is 17.8 Å². The quantitative estimate of drug-likeness (QED) is 0.405. The molecular weight excluding hydrogens is 262 g/mol. The van der Waals surface area contributed by atoms with Gasteiger partial charge >= 0.3 is 0 Å². The predicted molar refractivity (Wildman–Crippen MR) is 79.7 cm³/mol. The summed E-state index contributed by atoms with van der Waals surface area (Å²) in [6, 6.07) is 5.74. The molecule has 0 radical (unpaired) electrons. The lowest BCUT2D eigenvalue weighted by Gasteiger charge is -1.97. The van der Waals surface area contributed by atoms with E-state index in [0.717, 1.165) is 27.9 Å². The number of rotatable bonds is 0. The van der Waals surface area contributed by atoms with Gasteiger partial charge in [-0.2, -0.15) is 0 Å². The van der Waals surface area contributed by atoms with E-state index in [1.165, 1.54) is 4.57 Å². The molecule has 1 aliphatic rings. The van der Waals surface area contributed by atoms with E-state index in [-0.39, 0.29) is 0 Å². The van der Waals surface area contributed by atoms with Gasteiger partial charge in [-0.3, -0.25) is 9.55 Å². The molecule has 0 saturated carbocycles. The third kappa shape index (κ3) is 1.15. The summed E-state index contributed by atoms with van der Waals surface area (Å²) in [7, 11) is 1.96. The number of aryl methyl sites for hydroxylation is 2. The Balaban J connectivity index is 2.02. The molecule has 0 aromatic carbocycles. The summed E-state index contributed by atoms with van der Waals surface area (Å²) in [5.41, 5.74) is 4.25. The van der Waals surface area contributed by atoms with Gasteiger partial charge in [-0.15, -0.1) is 0 Å². The molecular formula is C16H14N5+. The third-order valence-electron chi connectivity index (χ3n) is 4.32. The summed E-state index contributed by atoms with van der Waals surface area (Å²) in [4.78, 5) is 8.56. The highest BCUT2D eigenvalue weighted by Crippen LogP contribution is 2.33. The van der Waals surface area contributed by atoms with Gasteiger partial charge in [0.1, 0.15) is 0 Å². The van der Waals surface area contributed by atoms with E-state index in [2.05, 4.69) is 19.1 Å². The van der Waals surface area contributed by atoms with Gasteiger partial charge in [-0.1, -0.05) is 0 Å². The van der Waals surface area contributed by atoms with Crippen LogP contribution in [-0.2, 0) is 20.6 Å². The minimum Gasteiger partial charge on any atom is -0.264 e. The molecule has 5 nitrogen and oxygen atoms in total. The van der Waals surface area contributed by atoms with Crippen molar-refractivity contribution >= 4 is 22.2 Å². The molecule has 4 aromatic rings. The van der Waals surface area contributed by atoms with Crippen molar-refractivity contribution in [1.29, 1.82) is 0 Å². The maximum Gasteiger partial charge on any atom is 0.271 e. The molecule has 5 heterocycles. The van der Waals surface area contributed by atoms with Crippen LogP contribution >= 0.6 is 0 Å². The van der Waals surface area contributed by atoms with Crippen molar-refractivity contribution in [2.45, 2.75) is 6.54 Å². The van der Waals surface area contributed by atoms with E-state index in [4.69, 9.17) is 4.11 Å². The SMILES string of the molecule is [2H]C([2H])([2H])n1c2ncccc2c2c1[n+]1c(n2C)-c2cnccc2C1. The standard InChI is InChI=1S/C16H14N5/c1-19-13-11-4-3-6-18-14(11)20(2)16(13)21-9-10-5-7-17-8-12(10)15(19)21/h3-8H,9H2,1-2H3/q+1/i2D3. The monoisotopic (exact) mass is 279 g/mol. The van der Waals surface area contributed by atoms with Crippen molar-refractivity contribution in [2.75, 3.05) is 0 Å². The van der Waals surface area contributed by atoms with Crippen LogP contribution in [0.4, 0.5) is 0 Å². The second-order valence-electron chi connectivity index (χ2n) is 5.38.